The number of benzene rings is 2. The quantitative estimate of drug-likeness (QED) is 0.637. The van der Waals surface area contributed by atoms with E-state index in [0.29, 0.717) is 5.56 Å². The van der Waals surface area contributed by atoms with E-state index in [9.17, 15) is 0 Å². The number of allylic oxidation sites excluding steroid dienone is 3. The normalized spacial score (nSPS) is 17.2. The van der Waals surface area contributed by atoms with Gasteiger partial charge in [-0.1, -0.05) is 48.6 Å². The fourth-order valence-corrected chi connectivity index (χ4v) is 3.21. The molecule has 23 heavy (non-hydrogen) atoms. The second-order valence-corrected chi connectivity index (χ2v) is 6.16. The van der Waals surface area contributed by atoms with Crippen molar-refractivity contribution in [1.82, 2.24) is 0 Å². The highest BCUT2D eigenvalue weighted by Crippen LogP contribution is 2.32. The van der Waals surface area contributed by atoms with Crippen molar-refractivity contribution in [2.75, 3.05) is 0 Å². The second kappa shape index (κ2) is 7.11. The Morgan fingerprint density at radius 1 is 1.00 bits per heavy atom. The first-order valence-corrected chi connectivity index (χ1v) is 8.21. The van der Waals surface area contributed by atoms with Gasteiger partial charge in [0.1, 0.15) is 0 Å². The fraction of sp³-hybridized carbons (Fsp3) is 0.227. The molecule has 1 unspecified atom stereocenters. The van der Waals surface area contributed by atoms with Crippen molar-refractivity contribution >= 4 is 5.57 Å². The summed E-state index contributed by atoms with van der Waals surface area (Å²) in [4.78, 5) is 0. The molecule has 114 valence electrons. The van der Waals surface area contributed by atoms with Crippen LogP contribution in [0.1, 0.15) is 36.8 Å². The van der Waals surface area contributed by atoms with Gasteiger partial charge in [-0.05, 0) is 66.0 Å². The van der Waals surface area contributed by atoms with Crippen LogP contribution in [0.2, 0.25) is 0 Å². The zero-order chi connectivity index (χ0) is 16.1. The maximum Gasteiger partial charge on any atom is 0.0991 e. The molecular formula is C22H21N. The largest absolute Gasteiger partial charge is 0.192 e. The summed E-state index contributed by atoms with van der Waals surface area (Å²) in [6.07, 6.45) is 9.15. The Morgan fingerprint density at radius 3 is 2.13 bits per heavy atom. The Morgan fingerprint density at radius 2 is 1.61 bits per heavy atom. The van der Waals surface area contributed by atoms with Crippen molar-refractivity contribution in [1.29, 1.82) is 5.26 Å². The first kappa shape index (κ1) is 15.3. The molecule has 2 aromatic rings. The van der Waals surface area contributed by atoms with Gasteiger partial charge in [-0.3, -0.25) is 0 Å². The van der Waals surface area contributed by atoms with Crippen LogP contribution in [0, 0.1) is 17.2 Å². The van der Waals surface area contributed by atoms with Crippen LogP contribution in [0.3, 0.4) is 0 Å². The molecule has 0 spiro atoms. The van der Waals surface area contributed by atoms with E-state index in [1.807, 2.05) is 30.3 Å². The molecule has 0 saturated carbocycles. The lowest BCUT2D eigenvalue weighted by Crippen LogP contribution is -2.04. The van der Waals surface area contributed by atoms with E-state index in [1.54, 1.807) is 0 Å². The molecule has 0 aromatic heterocycles. The van der Waals surface area contributed by atoms with E-state index in [2.05, 4.69) is 43.0 Å². The van der Waals surface area contributed by atoms with Gasteiger partial charge in [0.05, 0.1) is 11.6 Å². The van der Waals surface area contributed by atoms with Crippen LogP contribution in [0.5, 0.6) is 0 Å². The van der Waals surface area contributed by atoms with Crippen molar-refractivity contribution in [3.8, 4) is 17.2 Å². The number of hydrogen-bond acceptors (Lipinski definition) is 1. The smallest absolute Gasteiger partial charge is 0.0991 e. The van der Waals surface area contributed by atoms with Crippen molar-refractivity contribution in [3.05, 3.63) is 78.4 Å². The van der Waals surface area contributed by atoms with Crippen LogP contribution < -0.4 is 0 Å². The molecule has 1 aliphatic carbocycles. The van der Waals surface area contributed by atoms with Gasteiger partial charge in [0.25, 0.3) is 0 Å². The Labute approximate surface area is 138 Å². The predicted molar refractivity (Wildman–Crippen MR) is 96.7 cm³/mol. The van der Waals surface area contributed by atoms with Gasteiger partial charge in [-0.15, -0.1) is 6.58 Å². The summed E-state index contributed by atoms with van der Waals surface area (Å²) < 4.78 is 0. The van der Waals surface area contributed by atoms with Gasteiger partial charge in [0, 0.05) is 0 Å². The van der Waals surface area contributed by atoms with E-state index < -0.39 is 0 Å². The molecular weight excluding hydrogens is 278 g/mol. The maximum atomic E-state index is 8.87. The third kappa shape index (κ3) is 3.60. The summed E-state index contributed by atoms with van der Waals surface area (Å²) in [5, 5.41) is 8.87. The van der Waals surface area contributed by atoms with E-state index >= 15 is 0 Å². The first-order valence-electron chi connectivity index (χ1n) is 8.21. The Bertz CT molecular complexity index is 742. The van der Waals surface area contributed by atoms with Gasteiger partial charge >= 0.3 is 0 Å². The molecule has 0 saturated heterocycles. The summed E-state index contributed by atoms with van der Waals surface area (Å²) in [5.41, 5.74) is 5.85. The molecule has 1 nitrogen and oxygen atoms in total. The number of rotatable bonds is 4. The molecule has 1 atom stereocenters. The number of nitriles is 1. The van der Waals surface area contributed by atoms with E-state index in [1.165, 1.54) is 29.5 Å². The van der Waals surface area contributed by atoms with Crippen LogP contribution in [0.4, 0.5) is 0 Å². The average molecular weight is 299 g/mol. The SMILES string of the molecule is C=CCC1CC=C(c2ccc(-c3ccc(C#N)cc3)cc2)CC1. The van der Waals surface area contributed by atoms with Crippen LogP contribution in [-0.2, 0) is 0 Å². The lowest BCUT2D eigenvalue weighted by Gasteiger charge is -2.21. The molecule has 1 aliphatic rings. The maximum absolute atomic E-state index is 8.87. The standard InChI is InChI=1S/C22H21N/c1-2-3-17-4-8-19(9-5-17)21-12-14-22(15-13-21)20-10-6-18(16-23)7-11-20/h2,6-8,10-15,17H,1,3-5,9H2. The van der Waals surface area contributed by atoms with Gasteiger partial charge in [-0.25, -0.2) is 0 Å². The third-order valence-corrected chi connectivity index (χ3v) is 4.62. The molecule has 1 heteroatoms. The molecule has 2 aromatic carbocycles. The van der Waals surface area contributed by atoms with E-state index in [4.69, 9.17) is 5.26 Å². The molecule has 0 bridgehead atoms. The molecule has 0 heterocycles. The zero-order valence-electron chi connectivity index (χ0n) is 13.3. The average Bonchev–Trinajstić information content (AvgIpc) is 2.63. The highest BCUT2D eigenvalue weighted by atomic mass is 14.2. The third-order valence-electron chi connectivity index (χ3n) is 4.62. The molecule has 0 radical (unpaired) electrons. The lowest BCUT2D eigenvalue weighted by atomic mass is 9.84. The number of nitrogens with zero attached hydrogens (tertiary/aromatic N) is 1. The van der Waals surface area contributed by atoms with Crippen LogP contribution >= 0.6 is 0 Å². The van der Waals surface area contributed by atoms with Crippen molar-refractivity contribution in [2.24, 2.45) is 5.92 Å². The molecule has 0 fully saturated rings. The Balaban J connectivity index is 1.74. The second-order valence-electron chi connectivity index (χ2n) is 6.16. The van der Waals surface area contributed by atoms with Gasteiger partial charge in [0.15, 0.2) is 0 Å². The van der Waals surface area contributed by atoms with Crippen molar-refractivity contribution in [3.63, 3.8) is 0 Å². The van der Waals surface area contributed by atoms with Gasteiger partial charge in [-0.2, -0.15) is 5.26 Å². The van der Waals surface area contributed by atoms with Gasteiger partial charge < -0.3 is 0 Å². The summed E-state index contributed by atoms with van der Waals surface area (Å²) >= 11 is 0. The van der Waals surface area contributed by atoms with Crippen LogP contribution in [-0.4, -0.2) is 0 Å². The monoisotopic (exact) mass is 299 g/mol. The van der Waals surface area contributed by atoms with E-state index in [-0.39, 0.29) is 0 Å². The predicted octanol–water partition coefficient (Wildman–Crippen LogP) is 5.98. The topological polar surface area (TPSA) is 23.8 Å². The van der Waals surface area contributed by atoms with Crippen molar-refractivity contribution < 1.29 is 0 Å². The molecule has 3 rings (SSSR count). The first-order chi connectivity index (χ1) is 11.3. The highest BCUT2D eigenvalue weighted by molar-refractivity contribution is 5.71. The van der Waals surface area contributed by atoms with Crippen molar-refractivity contribution in [2.45, 2.75) is 25.7 Å². The number of hydrogen-bond donors (Lipinski definition) is 0. The van der Waals surface area contributed by atoms with Crippen LogP contribution in [0.15, 0.2) is 67.3 Å². The minimum Gasteiger partial charge on any atom is -0.192 e. The Hall–Kier alpha value is -2.59. The Kier molecular flexibility index (Phi) is 4.74. The summed E-state index contributed by atoms with van der Waals surface area (Å²) in [5.74, 6) is 0.772. The molecule has 0 amide bonds. The lowest BCUT2D eigenvalue weighted by molar-refractivity contribution is 0.492. The highest BCUT2D eigenvalue weighted by Gasteiger charge is 2.14. The molecule has 0 aliphatic heterocycles. The van der Waals surface area contributed by atoms with Crippen LogP contribution in [0.25, 0.3) is 16.7 Å². The summed E-state index contributed by atoms with van der Waals surface area (Å²) in [6.45, 7) is 3.84. The fourth-order valence-electron chi connectivity index (χ4n) is 3.21. The zero-order valence-corrected chi connectivity index (χ0v) is 13.3. The minimum atomic E-state index is 0.701. The summed E-state index contributed by atoms with van der Waals surface area (Å²) in [6, 6.07) is 18.7. The van der Waals surface area contributed by atoms with E-state index in [0.717, 1.165) is 24.3 Å². The minimum absolute atomic E-state index is 0.701. The summed E-state index contributed by atoms with van der Waals surface area (Å²) in [7, 11) is 0. The van der Waals surface area contributed by atoms with Gasteiger partial charge in [0.2, 0.25) is 0 Å². The molecule has 0 N–H and O–H groups in total.